The highest BCUT2D eigenvalue weighted by atomic mass is 16.5. The molecular weight excluding hydrogens is 216 g/mol. The standard InChI is InChI=1S/C13H14N2O2/c1-9-6-10(4-5-12(9)17-3)13(16)11-7-14-15(2)8-11/h4-8H,1-3H3. The van der Waals surface area contributed by atoms with Crippen molar-refractivity contribution in [3.8, 4) is 5.75 Å². The number of carbonyl (C=O) groups is 1. The molecule has 88 valence electrons. The smallest absolute Gasteiger partial charge is 0.196 e. The zero-order valence-corrected chi connectivity index (χ0v) is 10.1. The average molecular weight is 230 g/mol. The van der Waals surface area contributed by atoms with Gasteiger partial charge in [-0.3, -0.25) is 9.48 Å². The van der Waals surface area contributed by atoms with E-state index >= 15 is 0 Å². The predicted molar refractivity (Wildman–Crippen MR) is 64.4 cm³/mol. The summed E-state index contributed by atoms with van der Waals surface area (Å²) >= 11 is 0. The van der Waals surface area contributed by atoms with Gasteiger partial charge in [0.15, 0.2) is 5.78 Å². The lowest BCUT2D eigenvalue weighted by atomic mass is 10.0. The molecule has 0 aliphatic heterocycles. The van der Waals surface area contributed by atoms with Crippen LogP contribution in [-0.4, -0.2) is 22.7 Å². The molecule has 0 radical (unpaired) electrons. The van der Waals surface area contributed by atoms with E-state index in [9.17, 15) is 4.79 Å². The Bertz CT molecular complexity index is 558. The van der Waals surface area contributed by atoms with E-state index in [4.69, 9.17) is 4.74 Å². The zero-order chi connectivity index (χ0) is 12.4. The van der Waals surface area contributed by atoms with Crippen LogP contribution in [0.2, 0.25) is 0 Å². The molecule has 0 aliphatic rings. The molecule has 4 nitrogen and oxygen atoms in total. The minimum atomic E-state index is -0.0242. The van der Waals surface area contributed by atoms with Crippen LogP contribution in [-0.2, 0) is 7.05 Å². The van der Waals surface area contributed by atoms with Gasteiger partial charge in [-0.25, -0.2) is 0 Å². The normalized spacial score (nSPS) is 10.3. The van der Waals surface area contributed by atoms with Gasteiger partial charge in [0.25, 0.3) is 0 Å². The molecule has 1 aromatic carbocycles. The second-order valence-electron chi connectivity index (χ2n) is 3.92. The number of hydrogen-bond donors (Lipinski definition) is 0. The highest BCUT2D eigenvalue weighted by molar-refractivity contribution is 6.08. The summed E-state index contributed by atoms with van der Waals surface area (Å²) in [5.41, 5.74) is 2.19. The van der Waals surface area contributed by atoms with Gasteiger partial charge in [-0.2, -0.15) is 5.10 Å². The van der Waals surface area contributed by atoms with Crippen molar-refractivity contribution in [1.29, 1.82) is 0 Å². The van der Waals surface area contributed by atoms with Crippen molar-refractivity contribution in [2.75, 3.05) is 7.11 Å². The fraction of sp³-hybridized carbons (Fsp3) is 0.231. The molecule has 0 bridgehead atoms. The summed E-state index contributed by atoms with van der Waals surface area (Å²) in [5, 5.41) is 3.99. The summed E-state index contributed by atoms with van der Waals surface area (Å²) in [6.45, 7) is 1.92. The summed E-state index contributed by atoms with van der Waals surface area (Å²) < 4.78 is 6.78. The van der Waals surface area contributed by atoms with Crippen molar-refractivity contribution in [2.45, 2.75) is 6.92 Å². The van der Waals surface area contributed by atoms with Crippen LogP contribution in [0, 0.1) is 6.92 Å². The van der Waals surface area contributed by atoms with Gasteiger partial charge in [0, 0.05) is 18.8 Å². The van der Waals surface area contributed by atoms with E-state index in [2.05, 4.69) is 5.10 Å². The minimum absolute atomic E-state index is 0.0242. The quantitative estimate of drug-likeness (QED) is 0.757. The number of rotatable bonds is 3. The average Bonchev–Trinajstić information content (AvgIpc) is 2.75. The molecule has 0 atom stereocenters. The first-order chi connectivity index (χ1) is 8.11. The van der Waals surface area contributed by atoms with Gasteiger partial charge in [0.2, 0.25) is 0 Å². The molecule has 0 aliphatic carbocycles. The van der Waals surface area contributed by atoms with Gasteiger partial charge in [-0.05, 0) is 30.7 Å². The summed E-state index contributed by atoms with van der Waals surface area (Å²) in [6, 6.07) is 5.40. The number of ketones is 1. The number of nitrogens with zero attached hydrogens (tertiary/aromatic N) is 2. The molecule has 4 heteroatoms. The number of methoxy groups -OCH3 is 1. The lowest BCUT2D eigenvalue weighted by molar-refractivity contribution is 0.103. The summed E-state index contributed by atoms with van der Waals surface area (Å²) in [4.78, 5) is 12.1. The summed E-state index contributed by atoms with van der Waals surface area (Å²) in [7, 11) is 3.40. The molecule has 0 unspecified atom stereocenters. The van der Waals surface area contributed by atoms with Crippen molar-refractivity contribution in [3.05, 3.63) is 47.3 Å². The van der Waals surface area contributed by atoms with Crippen molar-refractivity contribution < 1.29 is 9.53 Å². The SMILES string of the molecule is COc1ccc(C(=O)c2cnn(C)c2)cc1C. The van der Waals surface area contributed by atoms with Crippen LogP contribution in [0.4, 0.5) is 0 Å². The van der Waals surface area contributed by atoms with Gasteiger partial charge in [0.1, 0.15) is 5.75 Å². The second-order valence-corrected chi connectivity index (χ2v) is 3.92. The van der Waals surface area contributed by atoms with E-state index < -0.39 is 0 Å². The zero-order valence-electron chi connectivity index (χ0n) is 10.1. The van der Waals surface area contributed by atoms with E-state index in [1.165, 1.54) is 0 Å². The third-order valence-corrected chi connectivity index (χ3v) is 2.62. The Morgan fingerprint density at radius 2 is 2.12 bits per heavy atom. The molecule has 0 amide bonds. The highest BCUT2D eigenvalue weighted by Gasteiger charge is 2.12. The van der Waals surface area contributed by atoms with Crippen molar-refractivity contribution in [2.24, 2.45) is 7.05 Å². The first-order valence-electron chi connectivity index (χ1n) is 5.30. The fourth-order valence-electron chi connectivity index (χ4n) is 1.72. The van der Waals surface area contributed by atoms with Crippen molar-refractivity contribution >= 4 is 5.78 Å². The Hall–Kier alpha value is -2.10. The van der Waals surface area contributed by atoms with Crippen molar-refractivity contribution in [1.82, 2.24) is 9.78 Å². The Morgan fingerprint density at radius 3 is 2.65 bits per heavy atom. The molecule has 1 aromatic heterocycles. The van der Waals surface area contributed by atoms with Crippen LogP contribution in [0.25, 0.3) is 0 Å². The Morgan fingerprint density at radius 1 is 1.35 bits per heavy atom. The van der Waals surface area contributed by atoms with Gasteiger partial charge < -0.3 is 4.74 Å². The lowest BCUT2D eigenvalue weighted by Crippen LogP contribution is -2.01. The predicted octanol–water partition coefficient (Wildman–Crippen LogP) is 1.97. The minimum Gasteiger partial charge on any atom is -0.496 e. The Kier molecular flexibility index (Phi) is 2.95. The first kappa shape index (κ1) is 11.4. The number of aryl methyl sites for hydroxylation is 2. The molecule has 2 aromatic rings. The summed E-state index contributed by atoms with van der Waals surface area (Å²) in [6.07, 6.45) is 3.28. The molecule has 0 spiro atoms. The Labute approximate surface area is 99.8 Å². The molecule has 0 N–H and O–H groups in total. The van der Waals surface area contributed by atoms with Crippen LogP contribution in [0.5, 0.6) is 5.75 Å². The maximum Gasteiger partial charge on any atom is 0.196 e. The molecule has 0 saturated heterocycles. The molecule has 1 heterocycles. The van der Waals surface area contributed by atoms with Gasteiger partial charge in [0.05, 0.1) is 18.9 Å². The van der Waals surface area contributed by atoms with E-state index in [-0.39, 0.29) is 5.78 Å². The maximum absolute atomic E-state index is 12.1. The topological polar surface area (TPSA) is 44.1 Å². The van der Waals surface area contributed by atoms with E-state index in [1.54, 1.807) is 43.4 Å². The number of hydrogen-bond acceptors (Lipinski definition) is 3. The molecule has 0 saturated carbocycles. The Balaban J connectivity index is 2.35. The van der Waals surface area contributed by atoms with Crippen LogP contribution in [0.15, 0.2) is 30.6 Å². The van der Waals surface area contributed by atoms with Crippen LogP contribution < -0.4 is 4.74 Å². The fourth-order valence-corrected chi connectivity index (χ4v) is 1.72. The maximum atomic E-state index is 12.1. The molecule has 0 fully saturated rings. The number of ether oxygens (including phenoxy) is 1. The highest BCUT2D eigenvalue weighted by Crippen LogP contribution is 2.20. The van der Waals surface area contributed by atoms with Crippen LogP contribution >= 0.6 is 0 Å². The number of carbonyl (C=O) groups excluding carboxylic acids is 1. The molecule has 2 rings (SSSR count). The third-order valence-electron chi connectivity index (χ3n) is 2.62. The van der Waals surface area contributed by atoms with E-state index in [0.29, 0.717) is 11.1 Å². The monoisotopic (exact) mass is 230 g/mol. The second kappa shape index (κ2) is 4.41. The van der Waals surface area contributed by atoms with Gasteiger partial charge in [-0.1, -0.05) is 0 Å². The molecular formula is C13H14N2O2. The van der Waals surface area contributed by atoms with Gasteiger partial charge in [-0.15, -0.1) is 0 Å². The first-order valence-corrected chi connectivity index (χ1v) is 5.30. The van der Waals surface area contributed by atoms with Gasteiger partial charge >= 0.3 is 0 Å². The lowest BCUT2D eigenvalue weighted by Gasteiger charge is -2.05. The molecule has 17 heavy (non-hydrogen) atoms. The van der Waals surface area contributed by atoms with Crippen LogP contribution in [0.3, 0.4) is 0 Å². The largest absolute Gasteiger partial charge is 0.496 e. The van der Waals surface area contributed by atoms with Crippen molar-refractivity contribution in [3.63, 3.8) is 0 Å². The summed E-state index contributed by atoms with van der Waals surface area (Å²) in [5.74, 6) is 0.761. The van der Waals surface area contributed by atoms with E-state index in [1.807, 2.05) is 13.0 Å². The van der Waals surface area contributed by atoms with Crippen LogP contribution in [0.1, 0.15) is 21.5 Å². The van der Waals surface area contributed by atoms with E-state index in [0.717, 1.165) is 11.3 Å². The number of benzene rings is 1. The third kappa shape index (κ3) is 2.20. The number of aromatic nitrogens is 2.